The van der Waals surface area contributed by atoms with Crippen LogP contribution in [0.3, 0.4) is 0 Å². The van der Waals surface area contributed by atoms with Crippen LogP contribution in [0.5, 0.6) is 5.88 Å². The number of ether oxygens (including phenoxy) is 1. The first-order valence-electron chi connectivity index (χ1n) is 9.75. The van der Waals surface area contributed by atoms with Gasteiger partial charge in [-0.2, -0.15) is 4.52 Å². The molecule has 0 bridgehead atoms. The fraction of sp³-hybridized carbons (Fsp3) is 0.136. The largest absolute Gasteiger partial charge is 0.475 e. The SMILES string of the molecule is Cc1ccc(/C=C/S(=O)(=O)NCCOc2ccc3nnc(-c4ccc(F)cc4)n3n2)cc1. The van der Waals surface area contributed by atoms with Crippen molar-refractivity contribution in [2.75, 3.05) is 13.2 Å². The van der Waals surface area contributed by atoms with Crippen LogP contribution in [0.1, 0.15) is 11.1 Å². The monoisotopic (exact) mass is 453 g/mol. The summed E-state index contributed by atoms with van der Waals surface area (Å²) in [5.74, 6) is 0.359. The maximum Gasteiger partial charge on any atom is 0.233 e. The highest BCUT2D eigenvalue weighted by Crippen LogP contribution is 2.19. The third kappa shape index (κ3) is 5.34. The highest BCUT2D eigenvalue weighted by atomic mass is 32.2. The summed E-state index contributed by atoms with van der Waals surface area (Å²) in [6.07, 6.45) is 1.53. The molecule has 0 aliphatic rings. The van der Waals surface area contributed by atoms with E-state index in [1.165, 1.54) is 22.7 Å². The molecule has 0 aliphatic heterocycles. The number of halogens is 1. The maximum atomic E-state index is 13.2. The summed E-state index contributed by atoms with van der Waals surface area (Å²) in [5.41, 5.74) is 3.04. The Hall–Kier alpha value is -3.63. The Morgan fingerprint density at radius 3 is 2.53 bits per heavy atom. The number of benzene rings is 2. The number of sulfonamides is 1. The van der Waals surface area contributed by atoms with Gasteiger partial charge in [-0.15, -0.1) is 15.3 Å². The zero-order valence-corrected chi connectivity index (χ0v) is 18.0. The molecule has 0 unspecified atom stereocenters. The van der Waals surface area contributed by atoms with Crippen molar-refractivity contribution in [3.8, 4) is 17.3 Å². The van der Waals surface area contributed by atoms with E-state index in [0.717, 1.165) is 16.5 Å². The predicted octanol–water partition coefficient (Wildman–Crippen LogP) is 3.21. The van der Waals surface area contributed by atoms with Crippen LogP contribution in [0.25, 0.3) is 23.1 Å². The number of nitrogens with zero attached hydrogens (tertiary/aromatic N) is 4. The molecule has 2 heterocycles. The lowest BCUT2D eigenvalue weighted by molar-refractivity contribution is 0.306. The molecule has 0 saturated carbocycles. The summed E-state index contributed by atoms with van der Waals surface area (Å²) in [7, 11) is -3.60. The molecule has 0 fully saturated rings. The minimum absolute atomic E-state index is 0.0628. The van der Waals surface area contributed by atoms with Crippen molar-refractivity contribution >= 4 is 21.7 Å². The summed E-state index contributed by atoms with van der Waals surface area (Å²) >= 11 is 0. The molecule has 0 radical (unpaired) electrons. The van der Waals surface area contributed by atoms with E-state index in [2.05, 4.69) is 20.0 Å². The van der Waals surface area contributed by atoms with E-state index in [-0.39, 0.29) is 24.8 Å². The summed E-state index contributed by atoms with van der Waals surface area (Å²) < 4.78 is 46.9. The molecule has 1 N–H and O–H groups in total. The quantitative estimate of drug-likeness (QED) is 0.412. The lowest BCUT2D eigenvalue weighted by atomic mass is 10.2. The molecule has 8 nitrogen and oxygen atoms in total. The van der Waals surface area contributed by atoms with Gasteiger partial charge < -0.3 is 4.74 Å². The molecular formula is C22H20FN5O3S. The fourth-order valence-corrected chi connectivity index (χ4v) is 3.66. The van der Waals surface area contributed by atoms with Gasteiger partial charge in [0.05, 0.1) is 0 Å². The van der Waals surface area contributed by atoms with Crippen molar-refractivity contribution in [3.05, 3.63) is 83.0 Å². The van der Waals surface area contributed by atoms with Crippen LogP contribution < -0.4 is 9.46 Å². The summed E-state index contributed by atoms with van der Waals surface area (Å²) in [6, 6.07) is 16.6. The van der Waals surface area contributed by atoms with Crippen LogP contribution in [-0.4, -0.2) is 41.4 Å². The smallest absolute Gasteiger partial charge is 0.233 e. The van der Waals surface area contributed by atoms with E-state index in [1.54, 1.807) is 24.3 Å². The topological polar surface area (TPSA) is 98.5 Å². The van der Waals surface area contributed by atoms with Crippen molar-refractivity contribution in [1.29, 1.82) is 0 Å². The Morgan fingerprint density at radius 2 is 1.78 bits per heavy atom. The van der Waals surface area contributed by atoms with Gasteiger partial charge in [0.1, 0.15) is 12.4 Å². The van der Waals surface area contributed by atoms with Crippen LogP contribution in [0, 0.1) is 12.7 Å². The van der Waals surface area contributed by atoms with E-state index in [4.69, 9.17) is 4.74 Å². The lowest BCUT2D eigenvalue weighted by Crippen LogP contribution is -2.26. The highest BCUT2D eigenvalue weighted by Gasteiger charge is 2.11. The number of hydrogen-bond donors (Lipinski definition) is 1. The minimum atomic E-state index is -3.60. The molecule has 4 aromatic rings. The van der Waals surface area contributed by atoms with Crippen molar-refractivity contribution in [2.45, 2.75) is 6.92 Å². The van der Waals surface area contributed by atoms with E-state index in [0.29, 0.717) is 17.0 Å². The van der Waals surface area contributed by atoms with Crippen LogP contribution >= 0.6 is 0 Å². The van der Waals surface area contributed by atoms with Gasteiger partial charge in [0.15, 0.2) is 11.5 Å². The van der Waals surface area contributed by atoms with E-state index >= 15 is 0 Å². The van der Waals surface area contributed by atoms with E-state index in [9.17, 15) is 12.8 Å². The minimum Gasteiger partial charge on any atom is -0.475 e. The second kappa shape index (κ2) is 9.25. The Balaban J connectivity index is 1.36. The van der Waals surface area contributed by atoms with Crippen LogP contribution in [0.4, 0.5) is 4.39 Å². The highest BCUT2D eigenvalue weighted by molar-refractivity contribution is 7.92. The Kier molecular flexibility index (Phi) is 6.24. The molecule has 2 aromatic carbocycles. The van der Waals surface area contributed by atoms with Gasteiger partial charge in [-0.3, -0.25) is 0 Å². The second-order valence-electron chi connectivity index (χ2n) is 6.97. The first kappa shape index (κ1) is 21.6. The average molecular weight is 453 g/mol. The maximum absolute atomic E-state index is 13.2. The molecule has 4 rings (SSSR count). The van der Waals surface area contributed by atoms with Crippen molar-refractivity contribution < 1.29 is 17.5 Å². The van der Waals surface area contributed by atoms with Crippen molar-refractivity contribution in [1.82, 2.24) is 24.5 Å². The number of aromatic nitrogens is 4. The Bertz CT molecular complexity index is 1350. The normalized spacial score (nSPS) is 11.9. The van der Waals surface area contributed by atoms with Gasteiger partial charge in [0.25, 0.3) is 0 Å². The predicted molar refractivity (Wildman–Crippen MR) is 119 cm³/mol. The standard InChI is InChI=1S/C22H20FN5O3S/c1-16-2-4-17(5-3-16)12-15-32(29,30)24-13-14-31-21-11-10-20-25-26-22(28(20)27-21)18-6-8-19(23)9-7-18/h2-12,15,24H,13-14H2,1H3/b15-12+. The van der Waals surface area contributed by atoms with Gasteiger partial charge in [-0.1, -0.05) is 29.8 Å². The number of aryl methyl sites for hydroxylation is 1. The summed E-state index contributed by atoms with van der Waals surface area (Å²) in [6.45, 7) is 2.10. The number of rotatable bonds is 8. The van der Waals surface area contributed by atoms with Crippen molar-refractivity contribution in [3.63, 3.8) is 0 Å². The molecule has 0 atom stereocenters. The third-order valence-electron chi connectivity index (χ3n) is 4.51. The molecule has 0 saturated heterocycles. The van der Waals surface area contributed by atoms with Crippen molar-refractivity contribution in [2.24, 2.45) is 0 Å². The number of fused-ring (bicyclic) bond motifs is 1. The van der Waals surface area contributed by atoms with Crippen LogP contribution in [0.2, 0.25) is 0 Å². The van der Waals surface area contributed by atoms with Gasteiger partial charge in [0.2, 0.25) is 15.9 Å². The summed E-state index contributed by atoms with van der Waals surface area (Å²) in [4.78, 5) is 0. The third-order valence-corrected chi connectivity index (χ3v) is 5.61. The van der Waals surface area contributed by atoms with Gasteiger partial charge in [-0.25, -0.2) is 17.5 Å². The van der Waals surface area contributed by atoms with Gasteiger partial charge >= 0.3 is 0 Å². The lowest BCUT2D eigenvalue weighted by Gasteiger charge is -2.07. The fourth-order valence-electron chi connectivity index (χ4n) is 2.86. The first-order chi connectivity index (χ1) is 15.4. The van der Waals surface area contributed by atoms with Crippen LogP contribution in [0.15, 0.2) is 66.1 Å². The average Bonchev–Trinajstić information content (AvgIpc) is 3.20. The van der Waals surface area contributed by atoms with Gasteiger partial charge in [0, 0.05) is 23.6 Å². The zero-order valence-electron chi connectivity index (χ0n) is 17.1. The first-order valence-corrected chi connectivity index (χ1v) is 11.3. The molecular weight excluding hydrogens is 433 g/mol. The summed E-state index contributed by atoms with van der Waals surface area (Å²) in [5, 5.41) is 13.6. The Labute approximate surface area is 184 Å². The molecule has 2 aromatic heterocycles. The van der Waals surface area contributed by atoms with E-state index < -0.39 is 10.0 Å². The molecule has 10 heteroatoms. The second-order valence-corrected chi connectivity index (χ2v) is 8.62. The molecule has 32 heavy (non-hydrogen) atoms. The molecule has 0 spiro atoms. The molecule has 0 aliphatic carbocycles. The van der Waals surface area contributed by atoms with Gasteiger partial charge in [-0.05, 0) is 48.9 Å². The Morgan fingerprint density at radius 1 is 1.03 bits per heavy atom. The number of nitrogens with one attached hydrogen (secondary N) is 1. The number of hydrogen-bond acceptors (Lipinski definition) is 6. The molecule has 0 amide bonds. The van der Waals surface area contributed by atoms with Crippen LogP contribution in [-0.2, 0) is 10.0 Å². The van der Waals surface area contributed by atoms with E-state index in [1.807, 2.05) is 31.2 Å². The zero-order chi connectivity index (χ0) is 22.6. The molecule has 164 valence electrons.